The lowest BCUT2D eigenvalue weighted by Crippen LogP contribution is -2.04. The number of thiazole rings is 1. The standard InChI is InChI=1S/C7H10N2O2S/c1-4-6(7(10)11)12-5(9-4)3-8-2/h8H,3H2,1-2H3,(H,10,11). The van der Waals surface area contributed by atoms with E-state index in [9.17, 15) is 4.79 Å². The quantitative estimate of drug-likeness (QED) is 0.735. The van der Waals surface area contributed by atoms with E-state index in [2.05, 4.69) is 10.3 Å². The third-order valence-corrected chi connectivity index (χ3v) is 2.51. The summed E-state index contributed by atoms with van der Waals surface area (Å²) in [6.45, 7) is 2.33. The first kappa shape index (κ1) is 9.15. The van der Waals surface area contributed by atoms with Gasteiger partial charge < -0.3 is 10.4 Å². The lowest BCUT2D eigenvalue weighted by atomic mass is 10.4. The van der Waals surface area contributed by atoms with Crippen LogP contribution < -0.4 is 5.32 Å². The van der Waals surface area contributed by atoms with Gasteiger partial charge in [-0.1, -0.05) is 0 Å². The van der Waals surface area contributed by atoms with E-state index in [0.29, 0.717) is 17.1 Å². The summed E-state index contributed by atoms with van der Waals surface area (Å²) in [7, 11) is 1.80. The average Bonchev–Trinajstić information content (AvgIpc) is 2.32. The fourth-order valence-corrected chi connectivity index (χ4v) is 1.79. The molecule has 66 valence electrons. The van der Waals surface area contributed by atoms with Crippen LogP contribution in [0.5, 0.6) is 0 Å². The fourth-order valence-electron chi connectivity index (χ4n) is 0.878. The Morgan fingerprint density at radius 1 is 1.75 bits per heavy atom. The van der Waals surface area contributed by atoms with Gasteiger partial charge in [0.1, 0.15) is 9.88 Å². The van der Waals surface area contributed by atoms with Gasteiger partial charge in [-0.3, -0.25) is 0 Å². The Morgan fingerprint density at radius 2 is 2.42 bits per heavy atom. The molecule has 0 aliphatic rings. The summed E-state index contributed by atoms with van der Waals surface area (Å²) in [5.41, 5.74) is 0.595. The molecule has 1 aromatic heterocycles. The number of carboxylic acid groups (broad SMARTS) is 1. The van der Waals surface area contributed by atoms with Crippen LogP contribution in [-0.4, -0.2) is 23.1 Å². The van der Waals surface area contributed by atoms with Gasteiger partial charge in [0, 0.05) is 6.54 Å². The Labute approximate surface area is 74.3 Å². The third-order valence-electron chi connectivity index (χ3n) is 1.36. The van der Waals surface area contributed by atoms with Crippen molar-refractivity contribution in [1.82, 2.24) is 10.3 Å². The van der Waals surface area contributed by atoms with Gasteiger partial charge in [-0.25, -0.2) is 9.78 Å². The Bertz CT molecular complexity index is 296. The second-order valence-corrected chi connectivity index (χ2v) is 3.44. The number of carboxylic acids is 1. The number of hydrogen-bond acceptors (Lipinski definition) is 4. The highest BCUT2D eigenvalue weighted by atomic mass is 32.1. The van der Waals surface area contributed by atoms with E-state index < -0.39 is 5.97 Å². The summed E-state index contributed by atoms with van der Waals surface area (Å²) >= 11 is 1.22. The van der Waals surface area contributed by atoms with E-state index in [1.54, 1.807) is 14.0 Å². The number of aromatic nitrogens is 1. The topological polar surface area (TPSA) is 62.2 Å². The minimum absolute atomic E-state index is 0.334. The summed E-state index contributed by atoms with van der Waals surface area (Å²) in [6.07, 6.45) is 0. The lowest BCUT2D eigenvalue weighted by Gasteiger charge is -1.88. The minimum atomic E-state index is -0.896. The zero-order chi connectivity index (χ0) is 9.14. The van der Waals surface area contributed by atoms with Crippen molar-refractivity contribution >= 4 is 17.3 Å². The molecule has 1 rings (SSSR count). The van der Waals surface area contributed by atoms with E-state index in [1.807, 2.05) is 0 Å². The monoisotopic (exact) mass is 186 g/mol. The second-order valence-electron chi connectivity index (χ2n) is 2.36. The van der Waals surface area contributed by atoms with E-state index in [0.717, 1.165) is 5.01 Å². The molecule has 0 bridgehead atoms. The van der Waals surface area contributed by atoms with Crippen molar-refractivity contribution in [1.29, 1.82) is 0 Å². The van der Waals surface area contributed by atoms with E-state index >= 15 is 0 Å². The minimum Gasteiger partial charge on any atom is -0.477 e. The molecule has 0 aliphatic carbocycles. The van der Waals surface area contributed by atoms with Crippen molar-refractivity contribution in [3.63, 3.8) is 0 Å². The molecular formula is C7H10N2O2S. The van der Waals surface area contributed by atoms with Gasteiger partial charge in [0.2, 0.25) is 0 Å². The summed E-state index contributed by atoms with van der Waals surface area (Å²) < 4.78 is 0. The Kier molecular flexibility index (Phi) is 2.78. The lowest BCUT2D eigenvalue weighted by molar-refractivity contribution is 0.0701. The zero-order valence-corrected chi connectivity index (χ0v) is 7.73. The third kappa shape index (κ3) is 1.80. The predicted molar refractivity (Wildman–Crippen MR) is 46.6 cm³/mol. The molecule has 1 heterocycles. The van der Waals surface area contributed by atoms with Crippen LogP contribution in [0.2, 0.25) is 0 Å². The van der Waals surface area contributed by atoms with Crippen LogP contribution in [0.1, 0.15) is 20.4 Å². The molecule has 1 aromatic rings. The molecule has 0 saturated carbocycles. The normalized spacial score (nSPS) is 10.2. The molecule has 0 fully saturated rings. The summed E-state index contributed by atoms with van der Waals surface area (Å²) in [5, 5.41) is 12.4. The highest BCUT2D eigenvalue weighted by Gasteiger charge is 2.12. The second kappa shape index (κ2) is 3.64. The van der Waals surface area contributed by atoms with Crippen LogP contribution in [-0.2, 0) is 6.54 Å². The van der Waals surface area contributed by atoms with Gasteiger partial charge >= 0.3 is 5.97 Å². The van der Waals surface area contributed by atoms with Gasteiger partial charge in [-0.2, -0.15) is 0 Å². The van der Waals surface area contributed by atoms with Crippen LogP contribution in [0.25, 0.3) is 0 Å². The van der Waals surface area contributed by atoms with Gasteiger partial charge in [0.05, 0.1) is 5.69 Å². The van der Waals surface area contributed by atoms with Crippen LogP contribution in [0.15, 0.2) is 0 Å². The molecule has 4 nitrogen and oxygen atoms in total. The first-order valence-electron chi connectivity index (χ1n) is 3.49. The summed E-state index contributed by atoms with van der Waals surface area (Å²) in [6, 6.07) is 0. The molecule has 0 atom stereocenters. The Balaban J connectivity index is 2.92. The molecule has 0 aromatic carbocycles. The Hall–Kier alpha value is -0.940. The highest BCUT2D eigenvalue weighted by molar-refractivity contribution is 7.13. The van der Waals surface area contributed by atoms with Gasteiger partial charge in [-0.05, 0) is 14.0 Å². The fraction of sp³-hybridized carbons (Fsp3) is 0.429. The van der Waals surface area contributed by atoms with Crippen LogP contribution in [0, 0.1) is 6.92 Å². The predicted octanol–water partition coefficient (Wildman–Crippen LogP) is 0.869. The molecule has 2 N–H and O–H groups in total. The van der Waals surface area contributed by atoms with Crippen molar-refractivity contribution in [2.45, 2.75) is 13.5 Å². The van der Waals surface area contributed by atoms with Crippen LogP contribution in [0.4, 0.5) is 0 Å². The van der Waals surface area contributed by atoms with Crippen molar-refractivity contribution in [2.24, 2.45) is 0 Å². The molecular weight excluding hydrogens is 176 g/mol. The molecule has 0 aliphatic heterocycles. The molecule has 0 saturated heterocycles. The number of nitrogens with zero attached hydrogens (tertiary/aromatic N) is 1. The smallest absolute Gasteiger partial charge is 0.347 e. The van der Waals surface area contributed by atoms with Crippen molar-refractivity contribution in [2.75, 3.05) is 7.05 Å². The van der Waals surface area contributed by atoms with Crippen molar-refractivity contribution in [3.8, 4) is 0 Å². The first-order chi connectivity index (χ1) is 5.65. The molecule has 0 amide bonds. The Morgan fingerprint density at radius 3 is 2.83 bits per heavy atom. The largest absolute Gasteiger partial charge is 0.477 e. The molecule has 5 heteroatoms. The maximum atomic E-state index is 10.6. The van der Waals surface area contributed by atoms with Gasteiger partial charge in [-0.15, -0.1) is 11.3 Å². The van der Waals surface area contributed by atoms with E-state index in [1.165, 1.54) is 11.3 Å². The number of aryl methyl sites for hydroxylation is 1. The maximum Gasteiger partial charge on any atom is 0.347 e. The molecule has 0 radical (unpaired) electrons. The van der Waals surface area contributed by atoms with Crippen LogP contribution in [0.3, 0.4) is 0 Å². The van der Waals surface area contributed by atoms with E-state index in [4.69, 9.17) is 5.11 Å². The SMILES string of the molecule is CNCc1nc(C)c(C(=O)O)s1. The maximum absolute atomic E-state index is 10.6. The molecule has 0 unspecified atom stereocenters. The average molecular weight is 186 g/mol. The number of aromatic carboxylic acids is 1. The highest BCUT2D eigenvalue weighted by Crippen LogP contribution is 2.17. The van der Waals surface area contributed by atoms with Crippen molar-refractivity contribution in [3.05, 3.63) is 15.6 Å². The zero-order valence-electron chi connectivity index (χ0n) is 6.92. The summed E-state index contributed by atoms with van der Waals surface area (Å²) in [5.74, 6) is -0.896. The number of nitrogens with one attached hydrogen (secondary N) is 1. The van der Waals surface area contributed by atoms with Crippen molar-refractivity contribution < 1.29 is 9.90 Å². The van der Waals surface area contributed by atoms with Crippen LogP contribution >= 0.6 is 11.3 Å². The van der Waals surface area contributed by atoms with Gasteiger partial charge in [0.25, 0.3) is 0 Å². The first-order valence-corrected chi connectivity index (χ1v) is 4.31. The van der Waals surface area contributed by atoms with Gasteiger partial charge in [0.15, 0.2) is 0 Å². The number of carbonyl (C=O) groups is 1. The van der Waals surface area contributed by atoms with E-state index in [-0.39, 0.29) is 0 Å². The number of hydrogen-bond donors (Lipinski definition) is 2. The number of rotatable bonds is 3. The molecule has 0 spiro atoms. The molecule has 12 heavy (non-hydrogen) atoms. The summed E-state index contributed by atoms with van der Waals surface area (Å²) in [4.78, 5) is 15.0.